The van der Waals surface area contributed by atoms with Crippen molar-refractivity contribution in [3.63, 3.8) is 0 Å². The Balaban J connectivity index is 2.11. The normalized spacial score (nSPS) is 17.8. The molecule has 0 saturated carbocycles. The molecule has 1 aliphatic heterocycles. The highest BCUT2D eigenvalue weighted by molar-refractivity contribution is 5.19. The van der Waals surface area contributed by atoms with Crippen molar-refractivity contribution >= 4 is 0 Å². The molecule has 4 nitrogen and oxygen atoms in total. The average Bonchev–Trinajstić information content (AvgIpc) is 2.87. The van der Waals surface area contributed by atoms with Crippen LogP contribution in [0.5, 0.6) is 0 Å². The summed E-state index contributed by atoms with van der Waals surface area (Å²) in [6.07, 6.45) is 4.03. The summed E-state index contributed by atoms with van der Waals surface area (Å²) in [5, 5.41) is 10.1. The highest BCUT2D eigenvalue weighted by atomic mass is 16.4. The lowest BCUT2D eigenvalue weighted by molar-refractivity contribution is 0.151. The summed E-state index contributed by atoms with van der Waals surface area (Å²) in [6, 6.07) is 3.58. The molecule has 0 spiro atoms. The van der Waals surface area contributed by atoms with Crippen molar-refractivity contribution < 1.29 is 9.52 Å². The molecule has 1 aliphatic rings. The van der Waals surface area contributed by atoms with Gasteiger partial charge < -0.3 is 19.3 Å². The summed E-state index contributed by atoms with van der Waals surface area (Å²) < 4.78 is 5.22. The number of rotatable bonds is 4. The first-order valence-electron chi connectivity index (χ1n) is 5.60. The number of hydrogen-bond donors (Lipinski definition) is 1. The van der Waals surface area contributed by atoms with Crippen LogP contribution in [0.4, 0.5) is 0 Å². The van der Waals surface area contributed by atoms with Gasteiger partial charge in [0.25, 0.3) is 0 Å². The lowest BCUT2D eigenvalue weighted by Gasteiger charge is -2.20. The first-order valence-corrected chi connectivity index (χ1v) is 5.60. The standard InChI is InChI=1S/C12H18N2O2/c1-3-6-14-8-10(13(2)9-14)12(15)11-5-4-7-16-11/h4-5,7-8,12,15H,3,6,9H2,1-2H3. The molecule has 0 radical (unpaired) electrons. The minimum atomic E-state index is -0.665. The van der Waals surface area contributed by atoms with Crippen molar-refractivity contribution in [2.45, 2.75) is 19.4 Å². The molecule has 1 aromatic rings. The van der Waals surface area contributed by atoms with E-state index >= 15 is 0 Å². The maximum atomic E-state index is 10.1. The summed E-state index contributed by atoms with van der Waals surface area (Å²) in [5.74, 6) is 0.594. The van der Waals surface area contributed by atoms with Gasteiger partial charge in [0.15, 0.2) is 6.10 Å². The Labute approximate surface area is 95.8 Å². The summed E-state index contributed by atoms with van der Waals surface area (Å²) >= 11 is 0. The van der Waals surface area contributed by atoms with Gasteiger partial charge >= 0.3 is 0 Å². The van der Waals surface area contributed by atoms with E-state index in [-0.39, 0.29) is 0 Å². The van der Waals surface area contributed by atoms with Crippen molar-refractivity contribution in [2.24, 2.45) is 0 Å². The van der Waals surface area contributed by atoms with Gasteiger partial charge in [0.2, 0.25) is 0 Å². The van der Waals surface area contributed by atoms with Crippen LogP contribution < -0.4 is 0 Å². The quantitative estimate of drug-likeness (QED) is 0.842. The Morgan fingerprint density at radius 3 is 3.00 bits per heavy atom. The van der Waals surface area contributed by atoms with Crippen molar-refractivity contribution in [1.82, 2.24) is 9.80 Å². The Kier molecular flexibility index (Phi) is 3.19. The molecule has 0 amide bonds. The van der Waals surface area contributed by atoms with Crippen molar-refractivity contribution in [3.8, 4) is 0 Å². The number of aliphatic hydroxyl groups excluding tert-OH is 1. The van der Waals surface area contributed by atoms with Gasteiger partial charge in [0, 0.05) is 19.8 Å². The van der Waals surface area contributed by atoms with Crippen LogP contribution in [0.2, 0.25) is 0 Å². The van der Waals surface area contributed by atoms with Crippen LogP contribution in [0.3, 0.4) is 0 Å². The van der Waals surface area contributed by atoms with Gasteiger partial charge in [0.1, 0.15) is 5.76 Å². The molecule has 0 bridgehead atoms. The molecule has 1 aromatic heterocycles. The van der Waals surface area contributed by atoms with E-state index < -0.39 is 6.10 Å². The zero-order valence-corrected chi connectivity index (χ0v) is 9.76. The molecule has 2 heterocycles. The van der Waals surface area contributed by atoms with E-state index in [0.717, 1.165) is 25.3 Å². The van der Waals surface area contributed by atoms with Gasteiger partial charge in [-0.15, -0.1) is 0 Å². The van der Waals surface area contributed by atoms with Gasteiger partial charge in [-0.05, 0) is 18.6 Å². The number of nitrogens with zero attached hydrogens (tertiary/aromatic N) is 2. The maximum Gasteiger partial charge on any atom is 0.153 e. The Morgan fingerprint density at radius 2 is 2.38 bits per heavy atom. The third kappa shape index (κ3) is 2.07. The molecule has 1 atom stereocenters. The largest absolute Gasteiger partial charge is 0.466 e. The van der Waals surface area contributed by atoms with Crippen LogP contribution in [-0.2, 0) is 0 Å². The van der Waals surface area contributed by atoms with Crippen molar-refractivity contribution in [2.75, 3.05) is 20.3 Å². The highest BCUT2D eigenvalue weighted by Crippen LogP contribution is 2.28. The fourth-order valence-electron chi connectivity index (χ4n) is 1.98. The summed E-state index contributed by atoms with van der Waals surface area (Å²) in [6.45, 7) is 3.99. The van der Waals surface area contributed by atoms with Gasteiger partial charge in [-0.25, -0.2) is 0 Å². The molecule has 1 N–H and O–H groups in total. The highest BCUT2D eigenvalue weighted by Gasteiger charge is 2.25. The molecule has 0 aliphatic carbocycles. The topological polar surface area (TPSA) is 39.9 Å². The lowest BCUT2D eigenvalue weighted by Crippen LogP contribution is -2.25. The third-order valence-corrected chi connectivity index (χ3v) is 2.75. The molecular weight excluding hydrogens is 204 g/mol. The summed E-state index contributed by atoms with van der Waals surface area (Å²) in [4.78, 5) is 4.24. The minimum absolute atomic E-state index is 0.594. The molecular formula is C12H18N2O2. The summed E-state index contributed by atoms with van der Waals surface area (Å²) in [7, 11) is 1.98. The predicted octanol–water partition coefficient (Wildman–Crippen LogP) is 1.77. The van der Waals surface area contributed by atoms with Crippen LogP contribution >= 0.6 is 0 Å². The Hall–Kier alpha value is -1.42. The van der Waals surface area contributed by atoms with Gasteiger partial charge in [-0.3, -0.25) is 0 Å². The molecule has 0 fully saturated rings. The SMILES string of the molecule is CCCN1C=C(C(O)c2ccco2)N(C)C1. The van der Waals surface area contributed by atoms with Crippen LogP contribution in [-0.4, -0.2) is 35.2 Å². The zero-order valence-electron chi connectivity index (χ0n) is 9.76. The molecule has 1 unspecified atom stereocenters. The summed E-state index contributed by atoms with van der Waals surface area (Å²) in [5.41, 5.74) is 0.892. The van der Waals surface area contributed by atoms with E-state index in [4.69, 9.17) is 4.42 Å². The first-order chi connectivity index (χ1) is 7.72. The number of hydrogen-bond acceptors (Lipinski definition) is 4. The second kappa shape index (κ2) is 4.61. The molecule has 2 rings (SSSR count). The van der Waals surface area contributed by atoms with Crippen LogP contribution in [0.1, 0.15) is 25.2 Å². The minimum Gasteiger partial charge on any atom is -0.466 e. The van der Waals surface area contributed by atoms with Gasteiger partial charge in [-0.2, -0.15) is 0 Å². The van der Waals surface area contributed by atoms with E-state index in [9.17, 15) is 5.11 Å². The van der Waals surface area contributed by atoms with E-state index in [1.807, 2.05) is 18.1 Å². The zero-order chi connectivity index (χ0) is 11.5. The van der Waals surface area contributed by atoms with E-state index in [0.29, 0.717) is 5.76 Å². The number of furan rings is 1. The van der Waals surface area contributed by atoms with Crippen molar-refractivity contribution in [3.05, 3.63) is 36.1 Å². The molecule has 4 heteroatoms. The Bertz CT molecular complexity index is 359. The second-order valence-electron chi connectivity index (χ2n) is 4.12. The van der Waals surface area contributed by atoms with E-state index in [2.05, 4.69) is 11.8 Å². The fraction of sp³-hybridized carbons (Fsp3) is 0.500. The van der Waals surface area contributed by atoms with Gasteiger partial charge in [0.05, 0.1) is 18.6 Å². The number of likely N-dealkylation sites (N-methyl/N-ethyl adjacent to an activating group) is 1. The lowest BCUT2D eigenvalue weighted by atomic mass is 10.2. The Morgan fingerprint density at radius 1 is 1.56 bits per heavy atom. The molecule has 88 valence electrons. The van der Waals surface area contributed by atoms with E-state index in [1.54, 1.807) is 18.4 Å². The van der Waals surface area contributed by atoms with Crippen LogP contribution in [0.25, 0.3) is 0 Å². The smallest absolute Gasteiger partial charge is 0.153 e. The second-order valence-corrected chi connectivity index (χ2v) is 4.12. The number of aliphatic hydroxyl groups is 1. The van der Waals surface area contributed by atoms with Crippen molar-refractivity contribution in [1.29, 1.82) is 0 Å². The van der Waals surface area contributed by atoms with Gasteiger partial charge in [-0.1, -0.05) is 6.92 Å². The van der Waals surface area contributed by atoms with E-state index in [1.165, 1.54) is 0 Å². The predicted molar refractivity (Wildman–Crippen MR) is 61.4 cm³/mol. The van der Waals surface area contributed by atoms with Crippen LogP contribution in [0.15, 0.2) is 34.7 Å². The van der Waals surface area contributed by atoms with Crippen LogP contribution in [0, 0.1) is 0 Å². The first kappa shape index (κ1) is 11.1. The molecule has 0 saturated heterocycles. The average molecular weight is 222 g/mol. The molecule has 16 heavy (non-hydrogen) atoms. The third-order valence-electron chi connectivity index (χ3n) is 2.75. The maximum absolute atomic E-state index is 10.1. The molecule has 0 aromatic carbocycles. The fourth-order valence-corrected chi connectivity index (χ4v) is 1.98. The monoisotopic (exact) mass is 222 g/mol.